The van der Waals surface area contributed by atoms with E-state index in [4.69, 9.17) is 0 Å². The summed E-state index contributed by atoms with van der Waals surface area (Å²) in [5, 5.41) is 2.98. The number of aryl methyl sites for hydroxylation is 2. The first-order chi connectivity index (χ1) is 11.0. The number of benzene rings is 2. The molecule has 122 valence electrons. The predicted molar refractivity (Wildman–Crippen MR) is 99.3 cm³/mol. The zero-order valence-corrected chi connectivity index (χ0v) is 15.0. The van der Waals surface area contributed by atoms with Gasteiger partial charge in [-0.05, 0) is 43.2 Å². The maximum Gasteiger partial charge on any atom is 0.230 e. The predicted octanol–water partition coefficient (Wildman–Crippen LogP) is 3.78. The lowest BCUT2D eigenvalue weighted by molar-refractivity contribution is -0.118. The molecule has 0 radical (unpaired) electrons. The Morgan fingerprint density at radius 1 is 1.09 bits per heavy atom. The van der Waals surface area contributed by atoms with Crippen molar-refractivity contribution in [2.45, 2.75) is 25.3 Å². The van der Waals surface area contributed by atoms with Crippen molar-refractivity contribution in [2.75, 3.05) is 24.7 Å². The van der Waals surface area contributed by atoms with Crippen LogP contribution in [0.1, 0.15) is 16.7 Å². The highest BCUT2D eigenvalue weighted by atomic mass is 32.2. The van der Waals surface area contributed by atoms with Crippen molar-refractivity contribution < 1.29 is 4.79 Å². The lowest BCUT2D eigenvalue weighted by atomic mass is 10.2. The van der Waals surface area contributed by atoms with Gasteiger partial charge in [-0.3, -0.25) is 4.79 Å². The standard InChI is InChI=1S/C19H24N2OS/c1-14-5-6-15(2)18(11-14)23-13-19(22)20-12-16-7-9-17(10-8-16)21(3)4/h5-11H,12-13H2,1-4H3,(H,20,22). The Labute approximate surface area is 143 Å². The zero-order valence-electron chi connectivity index (χ0n) is 14.2. The van der Waals surface area contributed by atoms with E-state index in [2.05, 4.69) is 54.4 Å². The second kappa shape index (κ2) is 8.06. The highest BCUT2D eigenvalue weighted by Crippen LogP contribution is 2.23. The molecule has 0 heterocycles. The Hall–Kier alpha value is -1.94. The fraction of sp³-hybridized carbons (Fsp3) is 0.316. The van der Waals surface area contributed by atoms with E-state index in [1.54, 1.807) is 11.8 Å². The average Bonchev–Trinajstić information content (AvgIpc) is 2.54. The Balaban J connectivity index is 1.82. The minimum atomic E-state index is 0.0626. The number of anilines is 1. The summed E-state index contributed by atoms with van der Waals surface area (Å²) in [6.07, 6.45) is 0. The molecule has 0 unspecified atom stereocenters. The number of thioether (sulfide) groups is 1. The molecule has 0 aliphatic carbocycles. The molecular formula is C19H24N2OS. The van der Waals surface area contributed by atoms with Crippen LogP contribution in [-0.4, -0.2) is 25.8 Å². The smallest absolute Gasteiger partial charge is 0.230 e. The molecule has 2 aromatic carbocycles. The van der Waals surface area contributed by atoms with Gasteiger partial charge < -0.3 is 10.2 Å². The molecule has 0 saturated carbocycles. The fourth-order valence-electron chi connectivity index (χ4n) is 2.17. The first kappa shape index (κ1) is 17.4. The van der Waals surface area contributed by atoms with Crippen LogP contribution < -0.4 is 10.2 Å². The lowest BCUT2D eigenvalue weighted by Crippen LogP contribution is -2.24. The number of nitrogens with one attached hydrogen (secondary N) is 1. The van der Waals surface area contributed by atoms with Crippen LogP contribution in [0.15, 0.2) is 47.4 Å². The van der Waals surface area contributed by atoms with Crippen LogP contribution in [0.2, 0.25) is 0 Å². The third-order valence-electron chi connectivity index (χ3n) is 3.64. The molecule has 0 aliphatic heterocycles. The number of carbonyl (C=O) groups excluding carboxylic acids is 1. The van der Waals surface area contributed by atoms with Gasteiger partial charge in [0.15, 0.2) is 0 Å². The van der Waals surface area contributed by atoms with Crippen LogP contribution in [0, 0.1) is 13.8 Å². The molecule has 3 nitrogen and oxygen atoms in total. The van der Waals surface area contributed by atoms with E-state index < -0.39 is 0 Å². The van der Waals surface area contributed by atoms with Crippen LogP contribution in [0.25, 0.3) is 0 Å². The van der Waals surface area contributed by atoms with Crippen molar-refractivity contribution >= 4 is 23.4 Å². The van der Waals surface area contributed by atoms with Crippen LogP contribution in [0.5, 0.6) is 0 Å². The van der Waals surface area contributed by atoms with Crippen molar-refractivity contribution in [3.63, 3.8) is 0 Å². The minimum Gasteiger partial charge on any atom is -0.378 e. The monoisotopic (exact) mass is 328 g/mol. The molecule has 23 heavy (non-hydrogen) atoms. The molecule has 0 bridgehead atoms. The Kier molecular flexibility index (Phi) is 6.11. The summed E-state index contributed by atoms with van der Waals surface area (Å²) in [5.74, 6) is 0.507. The summed E-state index contributed by atoms with van der Waals surface area (Å²) in [6.45, 7) is 4.72. The van der Waals surface area contributed by atoms with Crippen LogP contribution >= 0.6 is 11.8 Å². The molecule has 0 fully saturated rings. The summed E-state index contributed by atoms with van der Waals surface area (Å²) in [6, 6.07) is 14.5. The van der Waals surface area contributed by atoms with Crippen LogP contribution in [0.4, 0.5) is 5.69 Å². The van der Waals surface area contributed by atoms with Gasteiger partial charge in [0.1, 0.15) is 0 Å². The zero-order chi connectivity index (χ0) is 16.8. The largest absolute Gasteiger partial charge is 0.378 e. The highest BCUT2D eigenvalue weighted by molar-refractivity contribution is 8.00. The number of hydrogen-bond donors (Lipinski definition) is 1. The van der Waals surface area contributed by atoms with Gasteiger partial charge in [-0.15, -0.1) is 11.8 Å². The van der Waals surface area contributed by atoms with Crippen molar-refractivity contribution in [1.29, 1.82) is 0 Å². The Bertz CT molecular complexity index is 666. The van der Waals surface area contributed by atoms with E-state index in [9.17, 15) is 4.79 Å². The highest BCUT2D eigenvalue weighted by Gasteiger charge is 2.05. The average molecular weight is 328 g/mol. The van der Waals surface area contributed by atoms with Gasteiger partial charge in [0.05, 0.1) is 5.75 Å². The first-order valence-electron chi connectivity index (χ1n) is 7.69. The molecule has 4 heteroatoms. The quantitative estimate of drug-likeness (QED) is 0.819. The van der Waals surface area contributed by atoms with Gasteiger partial charge in [0.2, 0.25) is 5.91 Å². The van der Waals surface area contributed by atoms with Gasteiger partial charge in [-0.25, -0.2) is 0 Å². The van der Waals surface area contributed by atoms with Gasteiger partial charge in [0.25, 0.3) is 0 Å². The molecule has 2 aromatic rings. The summed E-state index contributed by atoms with van der Waals surface area (Å²) < 4.78 is 0. The van der Waals surface area contributed by atoms with Crippen LogP contribution in [0.3, 0.4) is 0 Å². The number of amides is 1. The SMILES string of the molecule is Cc1ccc(C)c(SCC(=O)NCc2ccc(N(C)C)cc2)c1. The summed E-state index contributed by atoms with van der Waals surface area (Å²) in [5.41, 5.74) is 4.71. The van der Waals surface area contributed by atoms with E-state index in [1.807, 2.05) is 26.2 Å². The Morgan fingerprint density at radius 2 is 1.78 bits per heavy atom. The normalized spacial score (nSPS) is 10.4. The summed E-state index contributed by atoms with van der Waals surface area (Å²) in [4.78, 5) is 15.3. The van der Waals surface area contributed by atoms with Gasteiger partial charge in [0, 0.05) is 31.2 Å². The van der Waals surface area contributed by atoms with Crippen molar-refractivity contribution in [3.05, 3.63) is 59.2 Å². The third-order valence-corrected chi connectivity index (χ3v) is 4.80. The summed E-state index contributed by atoms with van der Waals surface area (Å²) >= 11 is 1.59. The second-order valence-corrected chi connectivity index (χ2v) is 6.91. The van der Waals surface area contributed by atoms with E-state index in [0.29, 0.717) is 12.3 Å². The molecule has 0 saturated heterocycles. The molecule has 0 aliphatic rings. The molecule has 1 amide bonds. The van der Waals surface area contributed by atoms with Crippen molar-refractivity contribution in [1.82, 2.24) is 5.32 Å². The second-order valence-electron chi connectivity index (χ2n) is 5.90. The maximum atomic E-state index is 12.0. The summed E-state index contributed by atoms with van der Waals surface area (Å²) in [7, 11) is 4.03. The molecule has 0 spiro atoms. The van der Waals surface area contributed by atoms with Gasteiger partial charge in [-0.2, -0.15) is 0 Å². The number of nitrogens with zero attached hydrogens (tertiary/aromatic N) is 1. The molecule has 0 aromatic heterocycles. The molecule has 0 atom stereocenters. The lowest BCUT2D eigenvalue weighted by Gasteiger charge is -2.13. The van der Waals surface area contributed by atoms with Crippen LogP contribution in [-0.2, 0) is 11.3 Å². The maximum absolute atomic E-state index is 12.0. The van der Waals surface area contributed by atoms with E-state index in [0.717, 1.165) is 11.3 Å². The first-order valence-corrected chi connectivity index (χ1v) is 8.67. The van der Waals surface area contributed by atoms with Gasteiger partial charge >= 0.3 is 0 Å². The topological polar surface area (TPSA) is 32.3 Å². The number of carbonyl (C=O) groups is 1. The van der Waals surface area contributed by atoms with Gasteiger partial charge in [-0.1, -0.05) is 29.8 Å². The third kappa shape index (κ3) is 5.32. The Morgan fingerprint density at radius 3 is 2.43 bits per heavy atom. The minimum absolute atomic E-state index is 0.0626. The van der Waals surface area contributed by atoms with E-state index >= 15 is 0 Å². The van der Waals surface area contributed by atoms with Crippen molar-refractivity contribution in [3.8, 4) is 0 Å². The number of rotatable bonds is 6. The number of hydrogen-bond acceptors (Lipinski definition) is 3. The van der Waals surface area contributed by atoms with Crippen molar-refractivity contribution in [2.24, 2.45) is 0 Å². The molecule has 1 N–H and O–H groups in total. The molecule has 2 rings (SSSR count). The fourth-order valence-corrected chi connectivity index (χ4v) is 3.12. The van der Waals surface area contributed by atoms with E-state index in [-0.39, 0.29) is 5.91 Å². The molecular weight excluding hydrogens is 304 g/mol. The van der Waals surface area contributed by atoms with E-state index in [1.165, 1.54) is 16.0 Å².